The van der Waals surface area contributed by atoms with Gasteiger partial charge in [0.1, 0.15) is 0 Å². The highest BCUT2D eigenvalue weighted by molar-refractivity contribution is 7.89. The second kappa shape index (κ2) is 8.12. The molecule has 0 aromatic heterocycles. The lowest BCUT2D eigenvalue weighted by atomic mass is 10.1. The van der Waals surface area contributed by atoms with E-state index in [4.69, 9.17) is 9.47 Å². The van der Waals surface area contributed by atoms with Crippen LogP contribution in [0.15, 0.2) is 47.4 Å². The van der Waals surface area contributed by atoms with Gasteiger partial charge in [-0.15, -0.1) is 0 Å². The maximum atomic E-state index is 12.5. The highest BCUT2D eigenvalue weighted by Gasteiger charge is 2.27. The van der Waals surface area contributed by atoms with Gasteiger partial charge in [0.05, 0.1) is 17.6 Å². The zero-order valence-electron chi connectivity index (χ0n) is 15.7. The van der Waals surface area contributed by atoms with Gasteiger partial charge in [0.15, 0.2) is 17.3 Å². The third kappa shape index (κ3) is 4.07. The minimum Gasteiger partial charge on any atom is -0.493 e. The molecule has 1 aliphatic heterocycles. The van der Waals surface area contributed by atoms with Gasteiger partial charge in [-0.2, -0.15) is 4.31 Å². The summed E-state index contributed by atoms with van der Waals surface area (Å²) in [5.74, 6) is -0.356. The van der Waals surface area contributed by atoms with Crippen LogP contribution in [0.5, 0.6) is 11.5 Å². The number of ketones is 1. The van der Waals surface area contributed by atoms with E-state index < -0.39 is 16.0 Å². The van der Waals surface area contributed by atoms with Crippen LogP contribution < -0.4 is 9.47 Å². The second-order valence-corrected chi connectivity index (χ2v) is 8.38. The Morgan fingerprint density at radius 1 is 0.929 bits per heavy atom. The molecule has 0 saturated carbocycles. The number of benzene rings is 2. The zero-order valence-corrected chi connectivity index (χ0v) is 16.5. The van der Waals surface area contributed by atoms with Gasteiger partial charge in [-0.3, -0.25) is 4.79 Å². The van der Waals surface area contributed by atoms with Crippen molar-refractivity contribution in [3.8, 4) is 11.5 Å². The molecule has 2 aromatic carbocycles. The summed E-state index contributed by atoms with van der Waals surface area (Å²) in [4.78, 5) is 24.0. The summed E-state index contributed by atoms with van der Waals surface area (Å²) in [5.41, 5.74) is 0.645. The van der Waals surface area contributed by atoms with Crippen molar-refractivity contribution in [3.05, 3.63) is 53.6 Å². The fraction of sp³-hybridized carbons (Fsp3) is 0.300. The Labute approximate surface area is 163 Å². The number of rotatable bonds is 6. The molecule has 28 heavy (non-hydrogen) atoms. The Hall–Kier alpha value is -2.71. The molecule has 0 spiro atoms. The topological polar surface area (TPSA) is 90.0 Å². The molecule has 0 unspecified atom stereocenters. The molecule has 0 bridgehead atoms. The van der Waals surface area contributed by atoms with Gasteiger partial charge in [0, 0.05) is 18.7 Å². The Morgan fingerprint density at radius 3 is 2.11 bits per heavy atom. The molecule has 8 heteroatoms. The van der Waals surface area contributed by atoms with Gasteiger partial charge in [-0.25, -0.2) is 13.2 Å². The van der Waals surface area contributed by atoms with E-state index in [1.165, 1.54) is 54.7 Å². The van der Waals surface area contributed by atoms with Crippen molar-refractivity contribution in [1.82, 2.24) is 4.31 Å². The van der Waals surface area contributed by atoms with E-state index >= 15 is 0 Å². The predicted molar refractivity (Wildman–Crippen MR) is 102 cm³/mol. The normalized spacial score (nSPS) is 14.6. The largest absolute Gasteiger partial charge is 0.493 e. The van der Waals surface area contributed by atoms with Gasteiger partial charge in [0.25, 0.3) is 0 Å². The monoisotopic (exact) mass is 403 g/mol. The molecule has 0 N–H and O–H groups in total. The summed E-state index contributed by atoms with van der Waals surface area (Å²) in [6, 6.07) is 10.2. The number of nitrogens with zero attached hydrogens (tertiary/aromatic N) is 1. The summed E-state index contributed by atoms with van der Waals surface area (Å²) in [5, 5.41) is 0. The molecule has 1 saturated heterocycles. The van der Waals surface area contributed by atoms with Crippen LogP contribution in [0.25, 0.3) is 0 Å². The standard InChI is InChI=1S/C20H21NO6S/c1-14(22)16-7-10-18(19(13-16)26-2)27-20(23)15-5-8-17(9-6-15)28(24,25)21-11-3-4-12-21/h5-10,13H,3-4,11-12H2,1-2H3. The smallest absolute Gasteiger partial charge is 0.343 e. The summed E-state index contributed by atoms with van der Waals surface area (Å²) < 4.78 is 37.1. The van der Waals surface area contributed by atoms with E-state index in [-0.39, 0.29) is 27.7 Å². The molecule has 1 aliphatic rings. The van der Waals surface area contributed by atoms with Crippen molar-refractivity contribution in [2.75, 3.05) is 20.2 Å². The molecule has 2 aromatic rings. The number of sulfonamides is 1. The number of esters is 1. The molecule has 148 valence electrons. The molecule has 3 rings (SSSR count). The van der Waals surface area contributed by atoms with Crippen LogP contribution in [-0.2, 0) is 10.0 Å². The van der Waals surface area contributed by atoms with Crippen LogP contribution in [0.2, 0.25) is 0 Å². The Bertz CT molecular complexity index is 992. The Kier molecular flexibility index (Phi) is 5.81. The number of hydrogen-bond donors (Lipinski definition) is 0. The number of hydrogen-bond acceptors (Lipinski definition) is 6. The molecule has 1 heterocycles. The van der Waals surface area contributed by atoms with Gasteiger partial charge >= 0.3 is 5.97 Å². The average Bonchev–Trinajstić information content (AvgIpc) is 3.24. The first kappa shape index (κ1) is 20.0. The molecular formula is C20H21NO6S. The number of ether oxygens (including phenoxy) is 2. The lowest BCUT2D eigenvalue weighted by Gasteiger charge is -2.15. The Morgan fingerprint density at radius 2 is 1.54 bits per heavy atom. The first-order chi connectivity index (χ1) is 13.3. The van der Waals surface area contributed by atoms with E-state index in [1.807, 2.05) is 0 Å². The first-order valence-corrected chi connectivity index (χ1v) is 10.3. The quantitative estimate of drug-likeness (QED) is 0.419. The van der Waals surface area contributed by atoms with Gasteiger partial charge in [-0.05, 0) is 62.2 Å². The molecule has 0 amide bonds. The average molecular weight is 403 g/mol. The minimum atomic E-state index is -3.53. The van der Waals surface area contributed by atoms with Gasteiger partial charge < -0.3 is 9.47 Å². The van der Waals surface area contributed by atoms with Crippen LogP contribution in [0.4, 0.5) is 0 Å². The third-order valence-corrected chi connectivity index (χ3v) is 6.48. The molecule has 0 radical (unpaired) electrons. The third-order valence-electron chi connectivity index (χ3n) is 4.57. The zero-order chi connectivity index (χ0) is 20.3. The van der Waals surface area contributed by atoms with Crippen LogP contribution in [0, 0.1) is 0 Å². The van der Waals surface area contributed by atoms with E-state index in [2.05, 4.69) is 0 Å². The van der Waals surface area contributed by atoms with Crippen molar-refractivity contribution < 1.29 is 27.5 Å². The van der Waals surface area contributed by atoms with E-state index in [9.17, 15) is 18.0 Å². The van der Waals surface area contributed by atoms with E-state index in [0.717, 1.165) is 12.8 Å². The number of carbonyl (C=O) groups excluding carboxylic acids is 2. The van der Waals surface area contributed by atoms with Crippen molar-refractivity contribution in [2.45, 2.75) is 24.7 Å². The van der Waals surface area contributed by atoms with Crippen LogP contribution in [0.1, 0.15) is 40.5 Å². The lowest BCUT2D eigenvalue weighted by molar-refractivity contribution is 0.0729. The maximum absolute atomic E-state index is 12.5. The molecular weight excluding hydrogens is 382 g/mol. The van der Waals surface area contributed by atoms with Crippen LogP contribution in [0.3, 0.4) is 0 Å². The SMILES string of the molecule is COc1cc(C(C)=O)ccc1OC(=O)c1ccc(S(=O)(=O)N2CCCC2)cc1. The van der Waals surface area contributed by atoms with Gasteiger partial charge in [-0.1, -0.05) is 0 Å². The molecule has 1 fully saturated rings. The van der Waals surface area contributed by atoms with Gasteiger partial charge in [0.2, 0.25) is 10.0 Å². The highest BCUT2D eigenvalue weighted by atomic mass is 32.2. The molecule has 0 aliphatic carbocycles. The summed E-state index contributed by atoms with van der Waals surface area (Å²) in [7, 11) is -2.12. The van der Waals surface area contributed by atoms with Crippen LogP contribution in [-0.4, -0.2) is 44.7 Å². The van der Waals surface area contributed by atoms with Crippen molar-refractivity contribution in [2.24, 2.45) is 0 Å². The minimum absolute atomic E-state index is 0.133. The molecule has 0 atom stereocenters. The summed E-state index contributed by atoms with van der Waals surface area (Å²) in [6.45, 7) is 2.46. The van der Waals surface area contributed by atoms with E-state index in [1.54, 1.807) is 6.07 Å². The maximum Gasteiger partial charge on any atom is 0.343 e. The number of methoxy groups -OCH3 is 1. The number of Topliss-reactive ketones (excluding diaryl/α,β-unsaturated/α-hetero) is 1. The highest BCUT2D eigenvalue weighted by Crippen LogP contribution is 2.29. The van der Waals surface area contributed by atoms with Crippen LogP contribution >= 0.6 is 0 Å². The van der Waals surface area contributed by atoms with Crippen molar-refractivity contribution in [3.63, 3.8) is 0 Å². The summed E-state index contributed by atoms with van der Waals surface area (Å²) >= 11 is 0. The number of carbonyl (C=O) groups is 2. The Balaban J connectivity index is 1.77. The van der Waals surface area contributed by atoms with Crippen molar-refractivity contribution >= 4 is 21.8 Å². The van der Waals surface area contributed by atoms with E-state index in [0.29, 0.717) is 18.7 Å². The first-order valence-electron chi connectivity index (χ1n) is 8.84. The fourth-order valence-corrected chi connectivity index (χ4v) is 4.49. The lowest BCUT2D eigenvalue weighted by Crippen LogP contribution is -2.27. The molecule has 7 nitrogen and oxygen atoms in total. The van der Waals surface area contributed by atoms with Crippen molar-refractivity contribution in [1.29, 1.82) is 0 Å². The second-order valence-electron chi connectivity index (χ2n) is 6.45. The summed E-state index contributed by atoms with van der Waals surface area (Å²) in [6.07, 6.45) is 1.71. The predicted octanol–water partition coefficient (Wildman–Crippen LogP) is 2.90. The fourth-order valence-electron chi connectivity index (χ4n) is 2.97.